The van der Waals surface area contributed by atoms with Crippen molar-refractivity contribution in [3.05, 3.63) is 41.5 Å². The van der Waals surface area contributed by atoms with Crippen LogP contribution in [0.3, 0.4) is 0 Å². The Balaban J connectivity index is 1.97. The largest absolute Gasteiger partial charge is 0.387 e. The first-order chi connectivity index (χ1) is 9.61. The van der Waals surface area contributed by atoms with Crippen LogP contribution in [0.25, 0.3) is 0 Å². The lowest BCUT2D eigenvalue weighted by atomic mass is 10.1. The van der Waals surface area contributed by atoms with Crippen molar-refractivity contribution in [1.82, 2.24) is 20.1 Å². The number of aromatic nitrogens is 3. The number of amides is 1. The number of anilines is 1. The zero-order valence-electron chi connectivity index (χ0n) is 12.0. The summed E-state index contributed by atoms with van der Waals surface area (Å²) < 4.78 is 1.84. The van der Waals surface area contributed by atoms with E-state index in [1.54, 1.807) is 6.33 Å². The summed E-state index contributed by atoms with van der Waals surface area (Å²) in [6.45, 7) is 2.53. The van der Waals surface area contributed by atoms with E-state index in [-0.39, 0.29) is 5.91 Å². The number of aryl methyl sites for hydroxylation is 2. The van der Waals surface area contributed by atoms with Gasteiger partial charge in [-0.25, -0.2) is 0 Å². The summed E-state index contributed by atoms with van der Waals surface area (Å²) in [6, 6.07) is 5.72. The predicted octanol–water partition coefficient (Wildman–Crippen LogP) is 1.14. The molecule has 0 atom stereocenters. The van der Waals surface area contributed by atoms with Crippen LogP contribution < -0.4 is 10.6 Å². The Labute approximate surface area is 118 Å². The predicted molar refractivity (Wildman–Crippen MR) is 77.8 cm³/mol. The molecule has 0 fully saturated rings. The van der Waals surface area contributed by atoms with Crippen LogP contribution in [0, 0.1) is 6.92 Å². The van der Waals surface area contributed by atoms with Crippen molar-refractivity contribution >= 4 is 11.6 Å². The summed E-state index contributed by atoms with van der Waals surface area (Å²) in [5.41, 5.74) is 2.60. The second-order valence-corrected chi connectivity index (χ2v) is 4.66. The fourth-order valence-electron chi connectivity index (χ4n) is 1.98. The van der Waals surface area contributed by atoms with Crippen LogP contribution in [0.2, 0.25) is 0 Å². The SMILES string of the molecule is CNc1cc(C)ccc1C(=O)NCCc1nncn1C. The van der Waals surface area contributed by atoms with Crippen molar-refractivity contribution in [1.29, 1.82) is 0 Å². The van der Waals surface area contributed by atoms with Gasteiger partial charge in [-0.15, -0.1) is 10.2 Å². The average molecular weight is 273 g/mol. The monoisotopic (exact) mass is 273 g/mol. The normalized spacial score (nSPS) is 10.3. The molecule has 0 saturated carbocycles. The first-order valence-corrected chi connectivity index (χ1v) is 6.51. The third-order valence-electron chi connectivity index (χ3n) is 3.13. The van der Waals surface area contributed by atoms with Gasteiger partial charge >= 0.3 is 0 Å². The smallest absolute Gasteiger partial charge is 0.253 e. The summed E-state index contributed by atoms with van der Waals surface area (Å²) in [7, 11) is 3.70. The van der Waals surface area contributed by atoms with Crippen molar-refractivity contribution < 1.29 is 4.79 Å². The Hall–Kier alpha value is -2.37. The molecular weight excluding hydrogens is 254 g/mol. The van der Waals surface area contributed by atoms with Crippen molar-refractivity contribution in [3.63, 3.8) is 0 Å². The van der Waals surface area contributed by atoms with Crippen LogP contribution in [0.5, 0.6) is 0 Å². The molecule has 2 N–H and O–H groups in total. The van der Waals surface area contributed by atoms with Crippen LogP contribution >= 0.6 is 0 Å². The van der Waals surface area contributed by atoms with Gasteiger partial charge in [0.05, 0.1) is 5.56 Å². The van der Waals surface area contributed by atoms with Crippen LogP contribution in [0.15, 0.2) is 24.5 Å². The van der Waals surface area contributed by atoms with Crippen molar-refractivity contribution in [2.24, 2.45) is 7.05 Å². The maximum absolute atomic E-state index is 12.2. The second-order valence-electron chi connectivity index (χ2n) is 4.66. The zero-order chi connectivity index (χ0) is 14.5. The molecule has 1 heterocycles. The minimum atomic E-state index is -0.0866. The van der Waals surface area contributed by atoms with Gasteiger partial charge in [0.2, 0.25) is 0 Å². The number of nitrogens with zero attached hydrogens (tertiary/aromatic N) is 3. The highest BCUT2D eigenvalue weighted by atomic mass is 16.1. The molecule has 1 amide bonds. The Kier molecular flexibility index (Phi) is 4.34. The zero-order valence-corrected chi connectivity index (χ0v) is 12.0. The van der Waals surface area contributed by atoms with E-state index in [1.807, 2.05) is 43.8 Å². The quantitative estimate of drug-likeness (QED) is 0.857. The van der Waals surface area contributed by atoms with Gasteiger partial charge in [0.25, 0.3) is 5.91 Å². The van der Waals surface area contributed by atoms with Crippen LogP contribution in [0.4, 0.5) is 5.69 Å². The Morgan fingerprint density at radius 1 is 1.40 bits per heavy atom. The molecule has 1 aromatic heterocycles. The number of carbonyl (C=O) groups excluding carboxylic acids is 1. The molecule has 0 unspecified atom stereocenters. The topological polar surface area (TPSA) is 71.8 Å². The molecule has 0 spiro atoms. The van der Waals surface area contributed by atoms with E-state index in [4.69, 9.17) is 0 Å². The molecule has 2 rings (SSSR count). The summed E-state index contributed by atoms with van der Waals surface area (Å²) >= 11 is 0. The molecule has 106 valence electrons. The minimum absolute atomic E-state index is 0.0866. The van der Waals surface area contributed by atoms with Gasteiger partial charge in [0.1, 0.15) is 12.2 Å². The fourth-order valence-corrected chi connectivity index (χ4v) is 1.98. The number of rotatable bonds is 5. The summed E-state index contributed by atoms with van der Waals surface area (Å²) in [6.07, 6.45) is 2.30. The number of hydrogen-bond donors (Lipinski definition) is 2. The van der Waals surface area contributed by atoms with Crippen LogP contribution in [-0.4, -0.2) is 34.3 Å². The Morgan fingerprint density at radius 3 is 2.85 bits per heavy atom. The molecule has 1 aromatic carbocycles. The van der Waals surface area contributed by atoms with Gasteiger partial charge in [-0.1, -0.05) is 6.07 Å². The second kappa shape index (κ2) is 6.18. The molecule has 0 aliphatic rings. The van der Waals surface area contributed by atoms with Crippen LogP contribution in [-0.2, 0) is 13.5 Å². The van der Waals surface area contributed by atoms with Gasteiger partial charge in [-0.3, -0.25) is 4.79 Å². The lowest BCUT2D eigenvalue weighted by Gasteiger charge is -2.10. The highest BCUT2D eigenvalue weighted by Crippen LogP contribution is 2.16. The van der Waals surface area contributed by atoms with Crippen molar-refractivity contribution in [3.8, 4) is 0 Å². The summed E-state index contributed by atoms with van der Waals surface area (Å²) in [5.74, 6) is 0.763. The fraction of sp³-hybridized carbons (Fsp3) is 0.357. The Bertz CT molecular complexity index is 605. The van der Waals surface area contributed by atoms with E-state index in [1.165, 1.54) is 0 Å². The summed E-state index contributed by atoms with van der Waals surface area (Å²) in [5, 5.41) is 13.7. The maximum Gasteiger partial charge on any atom is 0.253 e. The van der Waals surface area contributed by atoms with E-state index in [0.717, 1.165) is 17.1 Å². The van der Waals surface area contributed by atoms with E-state index in [2.05, 4.69) is 20.8 Å². The van der Waals surface area contributed by atoms with Gasteiger partial charge < -0.3 is 15.2 Å². The third kappa shape index (κ3) is 3.14. The molecule has 0 radical (unpaired) electrons. The lowest BCUT2D eigenvalue weighted by Crippen LogP contribution is -2.27. The van der Waals surface area contributed by atoms with Crippen LogP contribution in [0.1, 0.15) is 21.7 Å². The first-order valence-electron chi connectivity index (χ1n) is 6.51. The number of carbonyl (C=O) groups is 1. The molecule has 0 saturated heterocycles. The number of hydrogen-bond acceptors (Lipinski definition) is 4. The maximum atomic E-state index is 12.2. The number of nitrogens with one attached hydrogen (secondary N) is 2. The van der Waals surface area contributed by atoms with Gasteiger partial charge in [-0.05, 0) is 24.6 Å². The van der Waals surface area contributed by atoms with E-state index < -0.39 is 0 Å². The average Bonchev–Trinajstić information content (AvgIpc) is 2.84. The van der Waals surface area contributed by atoms with E-state index in [9.17, 15) is 4.79 Å². The molecule has 2 aromatic rings. The van der Waals surface area contributed by atoms with Gasteiger partial charge in [-0.2, -0.15) is 0 Å². The molecule has 0 bridgehead atoms. The van der Waals surface area contributed by atoms with E-state index in [0.29, 0.717) is 18.5 Å². The van der Waals surface area contributed by atoms with Gasteiger partial charge in [0.15, 0.2) is 0 Å². The first kappa shape index (κ1) is 14.0. The van der Waals surface area contributed by atoms with Gasteiger partial charge in [0, 0.05) is 32.7 Å². The third-order valence-corrected chi connectivity index (χ3v) is 3.13. The molecule has 0 aliphatic carbocycles. The molecule has 6 nitrogen and oxygen atoms in total. The van der Waals surface area contributed by atoms with Crippen molar-refractivity contribution in [2.45, 2.75) is 13.3 Å². The molecule has 20 heavy (non-hydrogen) atoms. The Morgan fingerprint density at radius 2 is 2.20 bits per heavy atom. The highest BCUT2D eigenvalue weighted by molar-refractivity contribution is 5.99. The van der Waals surface area contributed by atoms with Crippen molar-refractivity contribution in [2.75, 3.05) is 18.9 Å². The highest BCUT2D eigenvalue weighted by Gasteiger charge is 2.10. The summed E-state index contributed by atoms with van der Waals surface area (Å²) in [4.78, 5) is 12.2. The van der Waals surface area contributed by atoms with E-state index >= 15 is 0 Å². The molecular formula is C14H19N5O. The number of benzene rings is 1. The standard InChI is InChI=1S/C14H19N5O/c1-10-4-5-11(12(8-10)15-2)14(20)16-7-6-13-18-17-9-19(13)3/h4-5,8-9,15H,6-7H2,1-3H3,(H,16,20). The lowest BCUT2D eigenvalue weighted by molar-refractivity contribution is 0.0954. The molecule has 6 heteroatoms. The minimum Gasteiger partial charge on any atom is -0.387 e. The molecule has 0 aliphatic heterocycles.